The molecule has 0 aliphatic heterocycles. The van der Waals surface area contributed by atoms with Crippen LogP contribution in [0.4, 0.5) is 9.59 Å². The van der Waals surface area contributed by atoms with Crippen molar-refractivity contribution in [2.24, 2.45) is 11.8 Å². The second-order valence-electron chi connectivity index (χ2n) is 11.3. The lowest BCUT2D eigenvalue weighted by atomic mass is 10.00. The fourth-order valence-corrected chi connectivity index (χ4v) is 3.48. The number of esters is 1. The number of aliphatic carboxylic acids is 1. The smallest absolute Gasteiger partial charge is 0.477 e. The van der Waals surface area contributed by atoms with Crippen LogP contribution in [0.3, 0.4) is 0 Å². The number of hydrogen-bond donors (Lipinski definition) is 2. The first-order chi connectivity index (χ1) is 19.6. The van der Waals surface area contributed by atoms with Gasteiger partial charge < -0.3 is 28.8 Å². The number of ether oxygens (including phenoxy) is 5. The van der Waals surface area contributed by atoms with E-state index < -0.39 is 42.2 Å². The van der Waals surface area contributed by atoms with Crippen LogP contribution in [-0.2, 0) is 30.2 Å². The molecule has 1 rings (SSSR count). The van der Waals surface area contributed by atoms with Gasteiger partial charge in [0.2, 0.25) is 0 Å². The average molecular weight is 596 g/mol. The molecule has 238 valence electrons. The fourth-order valence-electron chi connectivity index (χ4n) is 3.48. The topological polar surface area (TPSA) is 147 Å². The lowest BCUT2D eigenvalue weighted by Crippen LogP contribution is -2.59. The van der Waals surface area contributed by atoms with E-state index in [1.54, 1.807) is 20.8 Å². The molecule has 11 nitrogen and oxygen atoms in total. The third-order valence-electron chi connectivity index (χ3n) is 7.00. The molecule has 0 spiro atoms. The zero-order chi connectivity index (χ0) is 32.0. The van der Waals surface area contributed by atoms with Crippen LogP contribution in [-0.4, -0.2) is 53.3 Å². The van der Waals surface area contributed by atoms with Gasteiger partial charge in [0.15, 0.2) is 11.5 Å². The minimum absolute atomic E-state index is 0.0157. The first kappa shape index (κ1) is 36.7. The quantitative estimate of drug-likeness (QED) is 0.0656. The largest absolute Gasteiger partial charge is 0.514 e. The molecule has 1 aromatic carbocycles. The summed E-state index contributed by atoms with van der Waals surface area (Å²) in [5, 5.41) is 13.2. The zero-order valence-corrected chi connectivity index (χ0v) is 26.5. The monoisotopic (exact) mass is 595 g/mol. The van der Waals surface area contributed by atoms with E-state index in [2.05, 4.69) is 5.32 Å². The molecule has 0 bridgehead atoms. The Morgan fingerprint density at radius 2 is 1.38 bits per heavy atom. The summed E-state index contributed by atoms with van der Waals surface area (Å²) in [5.41, 5.74) is -1.78. The second kappa shape index (κ2) is 17.6. The van der Waals surface area contributed by atoms with Gasteiger partial charge in [-0.15, -0.1) is 0 Å². The highest BCUT2D eigenvalue weighted by atomic mass is 16.8. The summed E-state index contributed by atoms with van der Waals surface area (Å²) in [6.45, 7) is 16.6. The number of carbonyl (C=O) groups excluding carboxylic acids is 3. The van der Waals surface area contributed by atoms with E-state index in [1.165, 1.54) is 18.2 Å². The molecule has 0 aliphatic carbocycles. The average Bonchev–Trinajstić information content (AvgIpc) is 2.89. The number of hydrogen-bond acceptors (Lipinski definition) is 10. The maximum absolute atomic E-state index is 12.7. The van der Waals surface area contributed by atoms with E-state index in [4.69, 9.17) is 23.7 Å². The van der Waals surface area contributed by atoms with Crippen LogP contribution in [0.15, 0.2) is 18.2 Å². The molecule has 1 aromatic rings. The number of benzene rings is 1. The van der Waals surface area contributed by atoms with E-state index in [0.29, 0.717) is 18.4 Å². The minimum atomic E-state index is -2.10. The van der Waals surface area contributed by atoms with Gasteiger partial charge in [0.25, 0.3) is 5.72 Å². The predicted molar refractivity (Wildman–Crippen MR) is 156 cm³/mol. The highest BCUT2D eigenvalue weighted by Gasteiger charge is 2.44. The van der Waals surface area contributed by atoms with E-state index in [0.717, 1.165) is 12.8 Å². The number of nitrogens with one attached hydrogen (secondary N) is 1. The lowest BCUT2D eigenvalue weighted by Gasteiger charge is -2.33. The van der Waals surface area contributed by atoms with Crippen LogP contribution in [0.25, 0.3) is 0 Å². The van der Waals surface area contributed by atoms with Crippen molar-refractivity contribution >= 4 is 24.2 Å². The maximum Gasteiger partial charge on any atom is 0.514 e. The normalized spacial score (nSPS) is 14.8. The van der Waals surface area contributed by atoms with E-state index in [1.807, 2.05) is 41.5 Å². The Morgan fingerprint density at radius 1 is 0.833 bits per heavy atom. The Morgan fingerprint density at radius 3 is 1.86 bits per heavy atom. The summed E-state index contributed by atoms with van der Waals surface area (Å²) in [6, 6.07) is 3.87. The fraction of sp³-hybridized carbons (Fsp3) is 0.677. The summed E-state index contributed by atoms with van der Waals surface area (Å²) in [5.74, 6) is -2.31. The Kier molecular flexibility index (Phi) is 15.4. The van der Waals surface area contributed by atoms with Crippen LogP contribution < -0.4 is 14.8 Å². The molecule has 0 saturated heterocycles. The van der Waals surface area contributed by atoms with Crippen molar-refractivity contribution in [3.05, 3.63) is 23.8 Å². The first-order valence-electron chi connectivity index (χ1n) is 14.8. The van der Waals surface area contributed by atoms with Crippen LogP contribution in [0, 0.1) is 11.8 Å². The van der Waals surface area contributed by atoms with Crippen molar-refractivity contribution in [2.45, 2.75) is 125 Å². The van der Waals surface area contributed by atoms with Crippen molar-refractivity contribution < 1.29 is 48.0 Å². The maximum atomic E-state index is 12.7. The molecular formula is C31H49NO10. The summed E-state index contributed by atoms with van der Waals surface area (Å²) < 4.78 is 26.9. The lowest BCUT2D eigenvalue weighted by molar-refractivity contribution is -0.184. The summed E-state index contributed by atoms with van der Waals surface area (Å²) >= 11 is 0. The Hall–Kier alpha value is -3.34. The van der Waals surface area contributed by atoms with Crippen molar-refractivity contribution in [3.63, 3.8) is 0 Å². The van der Waals surface area contributed by atoms with Gasteiger partial charge in [-0.1, -0.05) is 60.5 Å². The van der Waals surface area contributed by atoms with Crippen molar-refractivity contribution in [2.75, 3.05) is 0 Å². The molecule has 0 aliphatic rings. The van der Waals surface area contributed by atoms with Crippen LogP contribution in [0.5, 0.6) is 11.5 Å². The third-order valence-corrected chi connectivity index (χ3v) is 7.00. The standard InChI is InChI=1S/C31H49NO10/c1-10-12-13-14-27(33)42-31(28(34)35,32-21(7)11-2)18-24-15-16-25(40-29(36)38-22(8)19(3)4)26(17-24)41-30(37)39-23(9)20(5)6/h15-17,19-23,32H,10-14,18H2,1-9H3,(H,34,35)/t21?,22?,23?,31-/m0/s1. The molecule has 0 aromatic heterocycles. The molecule has 42 heavy (non-hydrogen) atoms. The highest BCUT2D eigenvalue weighted by Crippen LogP contribution is 2.32. The number of rotatable bonds is 17. The first-order valence-corrected chi connectivity index (χ1v) is 14.8. The predicted octanol–water partition coefficient (Wildman–Crippen LogP) is 6.64. The molecule has 3 unspecified atom stereocenters. The van der Waals surface area contributed by atoms with Gasteiger partial charge in [-0.3, -0.25) is 10.1 Å². The molecule has 0 radical (unpaired) electrons. The molecule has 0 amide bonds. The minimum Gasteiger partial charge on any atom is -0.477 e. The highest BCUT2D eigenvalue weighted by molar-refractivity contribution is 5.82. The van der Waals surface area contributed by atoms with E-state index in [9.17, 15) is 24.3 Å². The van der Waals surface area contributed by atoms with Crippen LogP contribution >= 0.6 is 0 Å². The number of carboxylic acids is 1. The Balaban J connectivity index is 3.45. The van der Waals surface area contributed by atoms with Crippen molar-refractivity contribution in [3.8, 4) is 11.5 Å². The molecular weight excluding hydrogens is 546 g/mol. The molecule has 11 heteroatoms. The van der Waals surface area contributed by atoms with Gasteiger partial charge in [0, 0.05) is 18.9 Å². The van der Waals surface area contributed by atoms with Gasteiger partial charge >= 0.3 is 24.2 Å². The van der Waals surface area contributed by atoms with E-state index in [-0.39, 0.29) is 42.2 Å². The number of unbranched alkanes of at least 4 members (excludes halogenated alkanes) is 2. The van der Waals surface area contributed by atoms with Gasteiger partial charge in [-0.05, 0) is 63.1 Å². The van der Waals surface area contributed by atoms with Gasteiger partial charge in [0.1, 0.15) is 12.2 Å². The van der Waals surface area contributed by atoms with Crippen LogP contribution in [0.1, 0.15) is 100.0 Å². The summed E-state index contributed by atoms with van der Waals surface area (Å²) in [4.78, 5) is 50.4. The number of carboxylic acid groups (broad SMARTS) is 1. The molecule has 0 saturated carbocycles. The Bertz CT molecular complexity index is 1040. The van der Waals surface area contributed by atoms with Gasteiger partial charge in [-0.2, -0.15) is 0 Å². The van der Waals surface area contributed by atoms with Crippen molar-refractivity contribution in [1.29, 1.82) is 0 Å². The SMILES string of the molecule is CCCCCC(=O)O[C@](Cc1ccc(OC(=O)OC(C)C(C)C)c(OC(=O)OC(C)C(C)C)c1)(NC(C)CC)C(=O)O. The Labute approximate surface area is 249 Å². The summed E-state index contributed by atoms with van der Waals surface area (Å²) in [6.07, 6.45) is -0.341. The molecule has 2 N–H and O–H groups in total. The number of carbonyl (C=O) groups is 4. The van der Waals surface area contributed by atoms with Crippen LogP contribution in [0.2, 0.25) is 0 Å². The third kappa shape index (κ3) is 12.3. The second-order valence-corrected chi connectivity index (χ2v) is 11.3. The van der Waals surface area contributed by atoms with E-state index >= 15 is 0 Å². The van der Waals surface area contributed by atoms with Gasteiger partial charge in [0.05, 0.1) is 0 Å². The summed E-state index contributed by atoms with van der Waals surface area (Å²) in [7, 11) is 0. The molecule has 0 fully saturated rings. The van der Waals surface area contributed by atoms with Gasteiger partial charge in [-0.25, -0.2) is 14.4 Å². The molecule has 4 atom stereocenters. The zero-order valence-electron chi connectivity index (χ0n) is 26.5. The molecule has 0 heterocycles. The van der Waals surface area contributed by atoms with Crippen molar-refractivity contribution in [1.82, 2.24) is 5.32 Å².